The highest BCUT2D eigenvalue weighted by Crippen LogP contribution is 2.09. The van der Waals surface area contributed by atoms with E-state index in [2.05, 4.69) is 48.3 Å². The van der Waals surface area contributed by atoms with Crippen LogP contribution in [0.4, 0.5) is 0 Å². The second kappa shape index (κ2) is 5.68. The lowest BCUT2D eigenvalue weighted by molar-refractivity contribution is 0.291. The van der Waals surface area contributed by atoms with Crippen LogP contribution in [0.2, 0.25) is 0 Å². The Kier molecular flexibility index (Phi) is 4.84. The van der Waals surface area contributed by atoms with Crippen molar-refractivity contribution in [3.05, 3.63) is 22.4 Å². The van der Waals surface area contributed by atoms with Gasteiger partial charge in [0.05, 0.1) is 0 Å². The molecule has 0 aliphatic rings. The predicted octanol–water partition coefficient (Wildman–Crippen LogP) is 2.75. The monoisotopic (exact) mass is 215 g/mol. The molecule has 13 heavy (non-hydrogen) atoms. The summed E-state index contributed by atoms with van der Waals surface area (Å²) in [6.07, 6.45) is 0. The van der Waals surface area contributed by atoms with E-state index in [-0.39, 0.29) is 0 Å². The SMILES string of the molecule is CC(CS)CN(C)Cc1ccsc1. The van der Waals surface area contributed by atoms with Crippen molar-refractivity contribution in [3.63, 3.8) is 0 Å². The van der Waals surface area contributed by atoms with E-state index >= 15 is 0 Å². The van der Waals surface area contributed by atoms with Crippen LogP contribution in [0.25, 0.3) is 0 Å². The fourth-order valence-corrected chi connectivity index (χ4v) is 2.12. The van der Waals surface area contributed by atoms with E-state index in [1.54, 1.807) is 11.3 Å². The van der Waals surface area contributed by atoms with Crippen LogP contribution in [-0.4, -0.2) is 24.2 Å². The highest BCUT2D eigenvalue weighted by atomic mass is 32.1. The van der Waals surface area contributed by atoms with Gasteiger partial charge in [0.25, 0.3) is 0 Å². The van der Waals surface area contributed by atoms with E-state index < -0.39 is 0 Å². The quantitative estimate of drug-likeness (QED) is 0.739. The Bertz CT molecular complexity index is 221. The molecule has 0 aliphatic heterocycles. The summed E-state index contributed by atoms with van der Waals surface area (Å²) in [6.45, 7) is 4.41. The molecule has 0 saturated heterocycles. The summed E-state index contributed by atoms with van der Waals surface area (Å²) in [5, 5.41) is 4.34. The lowest BCUT2D eigenvalue weighted by atomic mass is 10.2. The largest absolute Gasteiger partial charge is 0.302 e. The molecule has 74 valence electrons. The van der Waals surface area contributed by atoms with E-state index in [1.807, 2.05) is 0 Å². The van der Waals surface area contributed by atoms with Crippen molar-refractivity contribution < 1.29 is 0 Å². The average Bonchev–Trinajstić information content (AvgIpc) is 2.56. The normalized spacial score (nSPS) is 13.5. The molecule has 0 N–H and O–H groups in total. The zero-order valence-corrected chi connectivity index (χ0v) is 9.94. The topological polar surface area (TPSA) is 3.24 Å². The second-order valence-electron chi connectivity index (χ2n) is 3.62. The number of thiophene rings is 1. The maximum atomic E-state index is 4.28. The molecule has 3 heteroatoms. The van der Waals surface area contributed by atoms with Gasteiger partial charge in [-0.1, -0.05) is 6.92 Å². The molecule has 0 radical (unpaired) electrons. The first kappa shape index (κ1) is 11.1. The van der Waals surface area contributed by atoms with Crippen LogP contribution in [0.3, 0.4) is 0 Å². The molecule has 0 spiro atoms. The molecule has 0 saturated carbocycles. The Morgan fingerprint density at radius 2 is 2.38 bits per heavy atom. The minimum absolute atomic E-state index is 0.673. The Labute approximate surface area is 90.2 Å². The van der Waals surface area contributed by atoms with Crippen LogP contribution in [0, 0.1) is 5.92 Å². The third kappa shape index (κ3) is 4.16. The number of rotatable bonds is 5. The standard InChI is InChI=1S/C10H17NS2/c1-9(7-12)5-11(2)6-10-3-4-13-8-10/h3-4,8-9,12H,5-7H2,1-2H3. The minimum atomic E-state index is 0.673. The van der Waals surface area contributed by atoms with Crippen LogP contribution in [-0.2, 0) is 6.54 Å². The van der Waals surface area contributed by atoms with Crippen molar-refractivity contribution in [3.8, 4) is 0 Å². The number of nitrogens with zero attached hydrogens (tertiary/aromatic N) is 1. The van der Waals surface area contributed by atoms with Gasteiger partial charge >= 0.3 is 0 Å². The van der Waals surface area contributed by atoms with Gasteiger partial charge in [-0.25, -0.2) is 0 Å². The number of hydrogen-bond donors (Lipinski definition) is 1. The van der Waals surface area contributed by atoms with Gasteiger partial charge in [-0.2, -0.15) is 24.0 Å². The molecule has 1 aromatic heterocycles. The van der Waals surface area contributed by atoms with Crippen molar-refractivity contribution in [1.82, 2.24) is 4.90 Å². The highest BCUT2D eigenvalue weighted by Gasteiger charge is 2.05. The van der Waals surface area contributed by atoms with Crippen LogP contribution in [0.1, 0.15) is 12.5 Å². The fourth-order valence-electron chi connectivity index (χ4n) is 1.35. The van der Waals surface area contributed by atoms with Crippen LogP contribution in [0.5, 0.6) is 0 Å². The first-order chi connectivity index (χ1) is 6.22. The van der Waals surface area contributed by atoms with Crippen LogP contribution < -0.4 is 0 Å². The molecule has 0 fully saturated rings. The van der Waals surface area contributed by atoms with Gasteiger partial charge in [0, 0.05) is 13.1 Å². The second-order valence-corrected chi connectivity index (χ2v) is 4.76. The third-order valence-corrected chi connectivity index (χ3v) is 3.32. The average molecular weight is 215 g/mol. The molecular weight excluding hydrogens is 198 g/mol. The van der Waals surface area contributed by atoms with Gasteiger partial charge < -0.3 is 4.90 Å². The summed E-state index contributed by atoms with van der Waals surface area (Å²) < 4.78 is 0. The molecule has 0 aliphatic carbocycles. The Hall–Kier alpha value is 0.01000. The Balaban J connectivity index is 2.29. The van der Waals surface area contributed by atoms with Crippen molar-refractivity contribution in [2.24, 2.45) is 5.92 Å². The zero-order chi connectivity index (χ0) is 9.68. The first-order valence-electron chi connectivity index (χ1n) is 4.53. The maximum absolute atomic E-state index is 4.28. The van der Waals surface area contributed by atoms with Gasteiger partial charge in [-0.05, 0) is 41.1 Å². The summed E-state index contributed by atoms with van der Waals surface area (Å²) in [4.78, 5) is 2.35. The molecule has 1 nitrogen and oxygen atoms in total. The fraction of sp³-hybridized carbons (Fsp3) is 0.600. The summed E-state index contributed by atoms with van der Waals surface area (Å²) >= 11 is 6.04. The minimum Gasteiger partial charge on any atom is -0.302 e. The molecule has 0 bridgehead atoms. The molecule has 1 rings (SSSR count). The Morgan fingerprint density at radius 1 is 1.62 bits per heavy atom. The maximum Gasteiger partial charge on any atom is 0.0239 e. The van der Waals surface area contributed by atoms with Crippen molar-refractivity contribution in [2.45, 2.75) is 13.5 Å². The third-order valence-electron chi connectivity index (χ3n) is 1.97. The lowest BCUT2D eigenvalue weighted by Crippen LogP contribution is -2.24. The molecule has 1 heterocycles. The van der Waals surface area contributed by atoms with E-state index in [4.69, 9.17) is 0 Å². The molecule has 0 aromatic carbocycles. The van der Waals surface area contributed by atoms with Crippen LogP contribution in [0.15, 0.2) is 16.8 Å². The summed E-state index contributed by atoms with van der Waals surface area (Å²) in [5.41, 5.74) is 1.42. The number of thiol groups is 1. The van der Waals surface area contributed by atoms with E-state index in [0.717, 1.165) is 18.8 Å². The van der Waals surface area contributed by atoms with Crippen LogP contribution >= 0.6 is 24.0 Å². The van der Waals surface area contributed by atoms with Gasteiger partial charge in [0.15, 0.2) is 0 Å². The molecule has 0 amide bonds. The van der Waals surface area contributed by atoms with E-state index in [9.17, 15) is 0 Å². The molecule has 1 aromatic rings. The summed E-state index contributed by atoms with van der Waals surface area (Å²) in [7, 11) is 2.16. The summed E-state index contributed by atoms with van der Waals surface area (Å²) in [5.74, 6) is 1.64. The van der Waals surface area contributed by atoms with Gasteiger partial charge in [0.1, 0.15) is 0 Å². The van der Waals surface area contributed by atoms with Gasteiger partial charge in [-0.15, -0.1) is 0 Å². The molecule has 1 atom stereocenters. The molecule has 1 unspecified atom stereocenters. The van der Waals surface area contributed by atoms with E-state index in [1.165, 1.54) is 5.56 Å². The van der Waals surface area contributed by atoms with Gasteiger partial charge in [0.2, 0.25) is 0 Å². The first-order valence-corrected chi connectivity index (χ1v) is 6.10. The summed E-state index contributed by atoms with van der Waals surface area (Å²) in [6, 6.07) is 2.19. The van der Waals surface area contributed by atoms with Crippen molar-refractivity contribution >= 4 is 24.0 Å². The smallest absolute Gasteiger partial charge is 0.0239 e. The number of hydrogen-bond acceptors (Lipinski definition) is 3. The highest BCUT2D eigenvalue weighted by molar-refractivity contribution is 7.80. The molecular formula is C10H17NS2. The van der Waals surface area contributed by atoms with E-state index in [0.29, 0.717) is 5.92 Å². The lowest BCUT2D eigenvalue weighted by Gasteiger charge is -2.19. The van der Waals surface area contributed by atoms with Crippen molar-refractivity contribution in [1.29, 1.82) is 0 Å². The zero-order valence-electron chi connectivity index (χ0n) is 8.23. The predicted molar refractivity (Wildman–Crippen MR) is 63.7 cm³/mol. The van der Waals surface area contributed by atoms with Gasteiger partial charge in [-0.3, -0.25) is 0 Å². The Morgan fingerprint density at radius 3 is 2.92 bits per heavy atom. The van der Waals surface area contributed by atoms with Crippen molar-refractivity contribution in [2.75, 3.05) is 19.3 Å².